The van der Waals surface area contributed by atoms with Crippen LogP contribution in [-0.4, -0.2) is 11.1 Å². The largest absolute Gasteiger partial charge is 0.508 e. The number of ether oxygens (including phenoxy) is 1. The number of aromatic hydroxyl groups is 1. The summed E-state index contributed by atoms with van der Waals surface area (Å²) in [6, 6.07) is 17.4. The van der Waals surface area contributed by atoms with Crippen molar-refractivity contribution in [2.24, 2.45) is 11.3 Å². The molecule has 2 aliphatic rings. The number of esters is 1. The molecule has 0 radical (unpaired) electrons. The highest BCUT2D eigenvalue weighted by Gasteiger charge is 2.43. The molecule has 1 N–H and O–H groups in total. The number of fused-ring (bicyclic) bond motifs is 2. The minimum Gasteiger partial charge on any atom is -0.508 e. The van der Waals surface area contributed by atoms with Crippen molar-refractivity contribution < 1.29 is 14.6 Å². The molecule has 0 aromatic heterocycles. The Morgan fingerprint density at radius 3 is 2.67 bits per heavy atom. The van der Waals surface area contributed by atoms with E-state index in [1.807, 2.05) is 42.5 Å². The van der Waals surface area contributed by atoms with Crippen LogP contribution < -0.4 is 0 Å². The average molecular weight is 362 g/mol. The number of benzene rings is 2. The molecule has 4 rings (SSSR count). The SMILES string of the molecule is O=C(C[C@]12CC=C[C@H](C1)[C@H](c1ccc(O)cc1)CC2)OCc1ccccc1. The highest BCUT2D eigenvalue weighted by molar-refractivity contribution is 5.70. The lowest BCUT2D eigenvalue weighted by molar-refractivity contribution is -0.148. The number of allylic oxidation sites excluding steroid dienone is 2. The molecule has 0 amide bonds. The molecular weight excluding hydrogens is 336 g/mol. The zero-order valence-electron chi connectivity index (χ0n) is 15.5. The van der Waals surface area contributed by atoms with Crippen LogP contribution in [0, 0.1) is 11.3 Å². The number of rotatable bonds is 5. The Bertz CT molecular complexity index is 809. The maximum absolute atomic E-state index is 12.5. The van der Waals surface area contributed by atoms with Gasteiger partial charge in [0.25, 0.3) is 0 Å². The van der Waals surface area contributed by atoms with E-state index in [1.54, 1.807) is 12.1 Å². The number of phenolic OH excluding ortho intramolecular Hbond substituents is 1. The first-order chi connectivity index (χ1) is 13.1. The summed E-state index contributed by atoms with van der Waals surface area (Å²) < 4.78 is 5.55. The fourth-order valence-electron chi connectivity index (χ4n) is 4.76. The number of phenols is 1. The van der Waals surface area contributed by atoms with Crippen LogP contribution in [-0.2, 0) is 16.1 Å². The molecule has 0 unspecified atom stereocenters. The first-order valence-electron chi connectivity index (χ1n) is 9.79. The molecule has 2 aliphatic carbocycles. The maximum Gasteiger partial charge on any atom is 0.306 e. The molecule has 3 heteroatoms. The first-order valence-corrected chi connectivity index (χ1v) is 9.79. The van der Waals surface area contributed by atoms with E-state index in [0.29, 0.717) is 30.6 Å². The Balaban J connectivity index is 1.39. The second kappa shape index (κ2) is 7.59. The van der Waals surface area contributed by atoms with Gasteiger partial charge in [0, 0.05) is 0 Å². The molecule has 1 fully saturated rings. The van der Waals surface area contributed by atoms with E-state index in [4.69, 9.17) is 4.74 Å². The number of hydrogen-bond donors (Lipinski definition) is 1. The molecule has 0 spiro atoms. The Hall–Kier alpha value is -2.55. The third-order valence-corrected chi connectivity index (χ3v) is 6.19. The van der Waals surface area contributed by atoms with Gasteiger partial charge >= 0.3 is 5.97 Å². The van der Waals surface area contributed by atoms with Crippen molar-refractivity contribution in [3.63, 3.8) is 0 Å². The Morgan fingerprint density at radius 1 is 1.11 bits per heavy atom. The van der Waals surface area contributed by atoms with Crippen LogP contribution >= 0.6 is 0 Å². The highest BCUT2D eigenvalue weighted by Crippen LogP contribution is 2.53. The van der Waals surface area contributed by atoms with E-state index in [-0.39, 0.29) is 11.4 Å². The van der Waals surface area contributed by atoms with Gasteiger partial charge in [0.05, 0.1) is 6.42 Å². The molecule has 0 heterocycles. The summed E-state index contributed by atoms with van der Waals surface area (Å²) in [6.07, 6.45) is 9.20. The molecule has 0 aliphatic heterocycles. The van der Waals surface area contributed by atoms with Crippen molar-refractivity contribution in [3.05, 3.63) is 77.9 Å². The normalized spacial score (nSPS) is 26.5. The van der Waals surface area contributed by atoms with E-state index in [9.17, 15) is 9.90 Å². The quantitative estimate of drug-likeness (QED) is 0.576. The minimum atomic E-state index is -0.0870. The van der Waals surface area contributed by atoms with E-state index < -0.39 is 0 Å². The molecule has 27 heavy (non-hydrogen) atoms. The lowest BCUT2D eigenvalue weighted by Crippen LogP contribution is -2.36. The maximum atomic E-state index is 12.5. The monoisotopic (exact) mass is 362 g/mol. The van der Waals surface area contributed by atoms with Gasteiger partial charge in [-0.15, -0.1) is 0 Å². The zero-order chi connectivity index (χ0) is 18.7. The fraction of sp³-hybridized carbons (Fsp3) is 0.375. The van der Waals surface area contributed by atoms with Gasteiger partial charge in [-0.3, -0.25) is 4.79 Å². The summed E-state index contributed by atoms with van der Waals surface area (Å²) in [4.78, 5) is 12.5. The second-order valence-electron chi connectivity index (χ2n) is 8.06. The van der Waals surface area contributed by atoms with Crippen LogP contribution in [0.1, 0.15) is 49.1 Å². The van der Waals surface area contributed by atoms with Crippen LogP contribution in [0.5, 0.6) is 5.75 Å². The van der Waals surface area contributed by atoms with Crippen LogP contribution in [0.3, 0.4) is 0 Å². The predicted molar refractivity (Wildman–Crippen MR) is 105 cm³/mol. The van der Waals surface area contributed by atoms with E-state index >= 15 is 0 Å². The zero-order valence-corrected chi connectivity index (χ0v) is 15.5. The summed E-state index contributed by atoms with van der Waals surface area (Å²) in [5, 5.41) is 9.54. The van der Waals surface area contributed by atoms with E-state index in [1.165, 1.54) is 5.56 Å². The van der Waals surface area contributed by atoms with Crippen molar-refractivity contribution in [2.75, 3.05) is 0 Å². The predicted octanol–water partition coefficient (Wildman–Crippen LogP) is 5.36. The highest BCUT2D eigenvalue weighted by atomic mass is 16.5. The number of hydrogen-bond acceptors (Lipinski definition) is 3. The van der Waals surface area contributed by atoms with E-state index in [0.717, 1.165) is 31.2 Å². The summed E-state index contributed by atoms with van der Waals surface area (Å²) in [5.41, 5.74) is 2.35. The Morgan fingerprint density at radius 2 is 1.89 bits per heavy atom. The van der Waals surface area contributed by atoms with Crippen molar-refractivity contribution in [3.8, 4) is 5.75 Å². The molecule has 2 aromatic carbocycles. The van der Waals surface area contributed by atoms with Gasteiger partial charge in [0.1, 0.15) is 12.4 Å². The molecule has 1 saturated carbocycles. The third kappa shape index (κ3) is 4.08. The lowest BCUT2D eigenvalue weighted by atomic mass is 9.58. The van der Waals surface area contributed by atoms with Crippen molar-refractivity contribution in [2.45, 2.75) is 44.6 Å². The van der Waals surface area contributed by atoms with Crippen LogP contribution in [0.4, 0.5) is 0 Å². The summed E-state index contributed by atoms with van der Waals surface area (Å²) in [6.45, 7) is 0.352. The summed E-state index contributed by atoms with van der Waals surface area (Å²) >= 11 is 0. The van der Waals surface area contributed by atoms with Crippen molar-refractivity contribution in [1.29, 1.82) is 0 Å². The van der Waals surface area contributed by atoms with Gasteiger partial charge in [0.15, 0.2) is 0 Å². The van der Waals surface area contributed by atoms with Gasteiger partial charge in [-0.25, -0.2) is 0 Å². The topological polar surface area (TPSA) is 46.5 Å². The molecule has 3 atom stereocenters. The summed E-state index contributed by atoms with van der Waals surface area (Å²) in [7, 11) is 0. The van der Waals surface area contributed by atoms with Gasteiger partial charge in [-0.05, 0) is 66.2 Å². The first kappa shape index (κ1) is 17.8. The number of carbonyl (C=O) groups excluding carboxylic acids is 1. The summed E-state index contributed by atoms with van der Waals surface area (Å²) in [5.74, 6) is 1.15. The Labute approximate surface area is 160 Å². The van der Waals surface area contributed by atoms with Crippen molar-refractivity contribution >= 4 is 5.97 Å². The third-order valence-electron chi connectivity index (χ3n) is 6.19. The number of carbonyl (C=O) groups is 1. The molecular formula is C24H26O3. The van der Waals surface area contributed by atoms with E-state index in [2.05, 4.69) is 12.2 Å². The molecule has 0 saturated heterocycles. The van der Waals surface area contributed by atoms with Crippen LogP contribution in [0.2, 0.25) is 0 Å². The van der Waals surface area contributed by atoms with Gasteiger partial charge in [-0.2, -0.15) is 0 Å². The molecule has 3 nitrogen and oxygen atoms in total. The van der Waals surface area contributed by atoms with Gasteiger partial charge < -0.3 is 9.84 Å². The van der Waals surface area contributed by atoms with Gasteiger partial charge in [0.2, 0.25) is 0 Å². The standard InChI is InChI=1S/C24H26O3/c25-21-10-8-19(9-11-21)22-12-14-24(13-4-7-20(22)15-24)16-23(26)27-17-18-5-2-1-3-6-18/h1-11,20,22,25H,12-17H2/t20-,22+,24+/m1/s1. The fourth-order valence-corrected chi connectivity index (χ4v) is 4.76. The minimum absolute atomic E-state index is 0.0423. The average Bonchev–Trinajstić information content (AvgIpc) is 2.68. The lowest BCUT2D eigenvalue weighted by Gasteiger charge is -2.46. The van der Waals surface area contributed by atoms with Crippen molar-refractivity contribution in [1.82, 2.24) is 0 Å². The van der Waals surface area contributed by atoms with Crippen LogP contribution in [0.25, 0.3) is 0 Å². The smallest absolute Gasteiger partial charge is 0.306 e. The Kier molecular flexibility index (Phi) is 5.02. The second-order valence-corrected chi connectivity index (χ2v) is 8.06. The van der Waals surface area contributed by atoms with Crippen LogP contribution in [0.15, 0.2) is 66.7 Å². The van der Waals surface area contributed by atoms with Gasteiger partial charge in [-0.1, -0.05) is 54.6 Å². The molecule has 2 bridgehead atoms. The molecule has 2 aromatic rings. The molecule has 140 valence electrons.